The fraction of sp³-hybridized carbons (Fsp3) is 0.0769. The van der Waals surface area contributed by atoms with E-state index in [0.717, 1.165) is 16.6 Å². The van der Waals surface area contributed by atoms with E-state index in [1.54, 1.807) is 18.3 Å². The third-order valence-electron chi connectivity index (χ3n) is 2.29. The number of pyridine rings is 1. The molecule has 19 heavy (non-hydrogen) atoms. The van der Waals surface area contributed by atoms with Crippen LogP contribution in [0.25, 0.3) is 0 Å². The summed E-state index contributed by atoms with van der Waals surface area (Å²) in [4.78, 5) is 14.9. The second-order valence-electron chi connectivity index (χ2n) is 3.74. The van der Waals surface area contributed by atoms with Gasteiger partial charge in [0.05, 0.1) is 11.3 Å². The summed E-state index contributed by atoms with van der Waals surface area (Å²) in [5, 5.41) is 8.81. The van der Waals surface area contributed by atoms with Crippen molar-refractivity contribution in [3.8, 4) is 5.75 Å². The molecule has 0 atom stereocenters. The molecular formula is C13H9BrFNO3. The number of nitrogens with zero attached hydrogens (tertiary/aromatic N) is 1. The molecule has 0 aliphatic carbocycles. The summed E-state index contributed by atoms with van der Waals surface area (Å²) in [7, 11) is 0. The van der Waals surface area contributed by atoms with E-state index in [1.807, 2.05) is 0 Å². The van der Waals surface area contributed by atoms with Gasteiger partial charge in [0.15, 0.2) is 0 Å². The molecule has 98 valence electrons. The lowest BCUT2D eigenvalue weighted by molar-refractivity contribution is 0.0695. The number of carbonyl (C=O) groups is 1. The highest BCUT2D eigenvalue weighted by Gasteiger charge is 2.08. The largest absolute Gasteiger partial charge is 0.487 e. The van der Waals surface area contributed by atoms with Crippen molar-refractivity contribution in [3.05, 3.63) is 58.1 Å². The normalized spacial score (nSPS) is 10.2. The lowest BCUT2D eigenvalue weighted by atomic mass is 10.2. The lowest BCUT2D eigenvalue weighted by Crippen LogP contribution is -2.01. The van der Waals surface area contributed by atoms with Crippen LogP contribution in [0.5, 0.6) is 5.75 Å². The van der Waals surface area contributed by atoms with Crippen molar-refractivity contribution in [2.75, 3.05) is 0 Å². The molecule has 0 aliphatic rings. The van der Waals surface area contributed by atoms with Crippen LogP contribution in [0, 0.1) is 5.82 Å². The predicted octanol–water partition coefficient (Wildman–Crippen LogP) is 3.26. The van der Waals surface area contributed by atoms with Crippen LogP contribution in [-0.2, 0) is 6.61 Å². The van der Waals surface area contributed by atoms with Crippen molar-refractivity contribution >= 4 is 21.9 Å². The van der Waals surface area contributed by atoms with Crippen LogP contribution in [0.2, 0.25) is 0 Å². The molecule has 1 heterocycles. The van der Waals surface area contributed by atoms with Gasteiger partial charge in [0, 0.05) is 16.7 Å². The molecule has 4 nitrogen and oxygen atoms in total. The molecule has 1 N–H and O–H groups in total. The van der Waals surface area contributed by atoms with Gasteiger partial charge in [-0.1, -0.05) is 0 Å². The van der Waals surface area contributed by atoms with E-state index in [0.29, 0.717) is 5.69 Å². The van der Waals surface area contributed by atoms with Gasteiger partial charge in [-0.05, 0) is 40.2 Å². The van der Waals surface area contributed by atoms with Crippen LogP contribution < -0.4 is 4.74 Å². The van der Waals surface area contributed by atoms with Gasteiger partial charge in [0.25, 0.3) is 0 Å². The van der Waals surface area contributed by atoms with Gasteiger partial charge < -0.3 is 9.84 Å². The van der Waals surface area contributed by atoms with Crippen molar-refractivity contribution in [1.82, 2.24) is 4.98 Å². The molecule has 0 unspecified atom stereocenters. The number of benzene rings is 1. The zero-order chi connectivity index (χ0) is 13.8. The molecule has 0 aliphatic heterocycles. The van der Waals surface area contributed by atoms with Crippen LogP contribution in [0.3, 0.4) is 0 Å². The standard InChI is InChI=1S/C13H9BrFNO3/c14-9-1-2-11(16-6-9)7-19-12-4-8(13(17)18)3-10(15)5-12/h1-6H,7H2,(H,17,18). The van der Waals surface area contributed by atoms with Crippen LogP contribution in [0.15, 0.2) is 41.0 Å². The third-order valence-corrected chi connectivity index (χ3v) is 2.76. The monoisotopic (exact) mass is 325 g/mol. The number of hydrogen-bond donors (Lipinski definition) is 1. The van der Waals surface area contributed by atoms with E-state index < -0.39 is 11.8 Å². The maximum absolute atomic E-state index is 13.2. The molecule has 0 saturated heterocycles. The summed E-state index contributed by atoms with van der Waals surface area (Å²) in [5.41, 5.74) is 0.503. The number of aromatic carboxylic acids is 1. The van der Waals surface area contributed by atoms with Crippen molar-refractivity contribution in [2.24, 2.45) is 0 Å². The Bertz CT molecular complexity index is 601. The Labute approximate surface area is 117 Å². The zero-order valence-electron chi connectivity index (χ0n) is 9.64. The van der Waals surface area contributed by atoms with E-state index in [9.17, 15) is 9.18 Å². The molecule has 1 aromatic carbocycles. The van der Waals surface area contributed by atoms with Crippen molar-refractivity contribution < 1.29 is 19.0 Å². The quantitative estimate of drug-likeness (QED) is 0.937. The number of carboxylic acids is 1. The van der Waals surface area contributed by atoms with Gasteiger partial charge in [0.1, 0.15) is 18.2 Å². The number of rotatable bonds is 4. The molecule has 0 spiro atoms. The van der Waals surface area contributed by atoms with Gasteiger partial charge in [0.2, 0.25) is 0 Å². The molecule has 0 fully saturated rings. The minimum Gasteiger partial charge on any atom is -0.487 e. The van der Waals surface area contributed by atoms with E-state index in [-0.39, 0.29) is 17.9 Å². The Kier molecular flexibility index (Phi) is 4.11. The number of hydrogen-bond acceptors (Lipinski definition) is 3. The zero-order valence-corrected chi connectivity index (χ0v) is 11.2. The average Bonchev–Trinajstić information content (AvgIpc) is 2.37. The molecule has 2 aromatic rings. The van der Waals surface area contributed by atoms with Gasteiger partial charge in [-0.3, -0.25) is 4.98 Å². The SMILES string of the molecule is O=C(O)c1cc(F)cc(OCc2ccc(Br)cn2)c1. The second-order valence-corrected chi connectivity index (χ2v) is 4.65. The molecule has 0 radical (unpaired) electrons. The number of ether oxygens (including phenoxy) is 1. The van der Waals surface area contributed by atoms with Gasteiger partial charge in [-0.2, -0.15) is 0 Å². The summed E-state index contributed by atoms with van der Waals surface area (Å²) in [5.74, 6) is -1.70. The molecule has 6 heteroatoms. The van der Waals surface area contributed by atoms with E-state index >= 15 is 0 Å². The minimum absolute atomic E-state index is 0.135. The molecular weight excluding hydrogens is 317 g/mol. The summed E-state index contributed by atoms with van der Waals surface area (Å²) < 4.78 is 19.4. The molecule has 1 aromatic heterocycles. The van der Waals surface area contributed by atoms with Gasteiger partial charge >= 0.3 is 5.97 Å². The van der Waals surface area contributed by atoms with Gasteiger partial charge in [-0.25, -0.2) is 9.18 Å². The van der Waals surface area contributed by atoms with Crippen molar-refractivity contribution in [2.45, 2.75) is 6.61 Å². The lowest BCUT2D eigenvalue weighted by Gasteiger charge is -2.07. The Morgan fingerprint density at radius 3 is 2.79 bits per heavy atom. The fourth-order valence-corrected chi connectivity index (χ4v) is 1.65. The van der Waals surface area contributed by atoms with E-state index in [1.165, 1.54) is 6.07 Å². The highest BCUT2D eigenvalue weighted by molar-refractivity contribution is 9.10. The maximum Gasteiger partial charge on any atom is 0.335 e. The van der Waals surface area contributed by atoms with Crippen LogP contribution in [0.1, 0.15) is 16.1 Å². The second kappa shape index (κ2) is 5.79. The molecule has 0 amide bonds. The Morgan fingerprint density at radius 2 is 2.16 bits per heavy atom. The van der Waals surface area contributed by atoms with Crippen LogP contribution in [-0.4, -0.2) is 16.1 Å². The number of halogens is 2. The molecule has 0 bridgehead atoms. The first-order chi connectivity index (χ1) is 9.04. The maximum atomic E-state index is 13.2. The smallest absolute Gasteiger partial charge is 0.335 e. The Balaban J connectivity index is 2.11. The summed E-state index contributed by atoms with van der Waals surface area (Å²) in [6, 6.07) is 6.89. The average molecular weight is 326 g/mol. The highest BCUT2D eigenvalue weighted by atomic mass is 79.9. The van der Waals surface area contributed by atoms with Crippen LogP contribution in [0.4, 0.5) is 4.39 Å². The first-order valence-corrected chi connectivity index (χ1v) is 6.11. The molecule has 0 saturated carbocycles. The number of carboxylic acid groups (broad SMARTS) is 1. The Morgan fingerprint density at radius 1 is 1.37 bits per heavy atom. The Hall–Kier alpha value is -1.95. The van der Waals surface area contributed by atoms with E-state index in [4.69, 9.17) is 9.84 Å². The fourth-order valence-electron chi connectivity index (χ4n) is 1.42. The van der Waals surface area contributed by atoms with Gasteiger partial charge in [-0.15, -0.1) is 0 Å². The first-order valence-electron chi connectivity index (χ1n) is 5.32. The van der Waals surface area contributed by atoms with Crippen molar-refractivity contribution in [3.63, 3.8) is 0 Å². The van der Waals surface area contributed by atoms with Crippen LogP contribution >= 0.6 is 15.9 Å². The predicted molar refractivity (Wildman–Crippen MR) is 69.6 cm³/mol. The third kappa shape index (κ3) is 3.75. The van der Waals surface area contributed by atoms with E-state index in [2.05, 4.69) is 20.9 Å². The highest BCUT2D eigenvalue weighted by Crippen LogP contribution is 2.18. The topological polar surface area (TPSA) is 59.4 Å². The summed E-state index contributed by atoms with van der Waals surface area (Å²) in [6.45, 7) is 0.135. The van der Waals surface area contributed by atoms with Crippen molar-refractivity contribution in [1.29, 1.82) is 0 Å². The minimum atomic E-state index is -1.20. The first kappa shape index (κ1) is 13.5. The molecule has 2 rings (SSSR count). The summed E-state index contributed by atoms with van der Waals surface area (Å²) in [6.07, 6.45) is 1.62. The number of aromatic nitrogens is 1. The summed E-state index contributed by atoms with van der Waals surface area (Å²) >= 11 is 3.26.